The average molecular weight is 396 g/mol. The number of aromatic nitrogens is 1. The molecular weight excluding hydrogens is 372 g/mol. The zero-order valence-corrected chi connectivity index (χ0v) is 15.8. The molecule has 0 aromatic carbocycles. The maximum Gasteiger partial charge on any atom is 0.323 e. The molecule has 1 unspecified atom stereocenters. The lowest BCUT2D eigenvalue weighted by Gasteiger charge is -2.38. The summed E-state index contributed by atoms with van der Waals surface area (Å²) in [5.41, 5.74) is 0. The van der Waals surface area contributed by atoms with E-state index in [2.05, 4.69) is 4.98 Å². The summed E-state index contributed by atoms with van der Waals surface area (Å²) in [6.07, 6.45) is 5.16. The maximum absolute atomic E-state index is 12.8. The van der Waals surface area contributed by atoms with Gasteiger partial charge in [-0.3, -0.25) is 19.5 Å². The molecule has 0 saturated carbocycles. The van der Waals surface area contributed by atoms with Crippen molar-refractivity contribution in [3.63, 3.8) is 0 Å². The third-order valence-electron chi connectivity index (χ3n) is 5.06. The predicted octanol–water partition coefficient (Wildman–Crippen LogP) is -0.146. The van der Waals surface area contributed by atoms with Crippen molar-refractivity contribution in [3.05, 3.63) is 24.5 Å². The van der Waals surface area contributed by atoms with Crippen LogP contribution in [0.2, 0.25) is 0 Å². The lowest BCUT2D eigenvalue weighted by molar-refractivity contribution is -0.146. The summed E-state index contributed by atoms with van der Waals surface area (Å²) in [7, 11) is -3.59. The van der Waals surface area contributed by atoms with E-state index >= 15 is 0 Å². The molecule has 1 aromatic heterocycles. The molecule has 148 valence electrons. The highest BCUT2D eigenvalue weighted by atomic mass is 32.2. The van der Waals surface area contributed by atoms with Crippen molar-refractivity contribution in [2.45, 2.75) is 30.2 Å². The van der Waals surface area contributed by atoms with Crippen LogP contribution >= 0.6 is 0 Å². The number of carboxylic acids is 1. The number of piperazine rings is 1. The van der Waals surface area contributed by atoms with Gasteiger partial charge in [-0.25, -0.2) is 8.42 Å². The van der Waals surface area contributed by atoms with Crippen molar-refractivity contribution in [2.24, 2.45) is 0 Å². The molecule has 2 saturated heterocycles. The van der Waals surface area contributed by atoms with Crippen LogP contribution in [-0.2, 0) is 19.6 Å². The van der Waals surface area contributed by atoms with Gasteiger partial charge in [-0.2, -0.15) is 4.31 Å². The predicted molar refractivity (Wildman–Crippen MR) is 96.4 cm³/mol. The first-order valence-corrected chi connectivity index (χ1v) is 10.5. The van der Waals surface area contributed by atoms with Crippen LogP contribution in [-0.4, -0.2) is 89.8 Å². The van der Waals surface area contributed by atoms with Crippen LogP contribution in [0.3, 0.4) is 0 Å². The number of carbonyl (C=O) groups is 2. The Kier molecular flexibility index (Phi) is 6.08. The molecular formula is C17H24N4O5S. The van der Waals surface area contributed by atoms with Crippen molar-refractivity contribution in [1.82, 2.24) is 19.1 Å². The van der Waals surface area contributed by atoms with E-state index in [0.29, 0.717) is 39.1 Å². The SMILES string of the molecule is O=C(O)CN1CCCCC(N2CCN(S(=O)(=O)c3cccnc3)CC2)C1=O. The second kappa shape index (κ2) is 8.32. The zero-order valence-electron chi connectivity index (χ0n) is 15.0. The highest BCUT2D eigenvalue weighted by Crippen LogP contribution is 2.22. The first kappa shape index (κ1) is 19.7. The Bertz CT molecular complexity index is 778. The minimum absolute atomic E-state index is 0.164. The molecule has 1 aromatic rings. The standard InChI is InChI=1S/C17H24N4O5S/c22-16(23)13-20-7-2-1-5-15(17(20)24)19-8-10-21(11-9-19)27(25,26)14-4-3-6-18-12-14/h3-4,6,12,15H,1-2,5,7-11,13H2,(H,22,23). The maximum atomic E-state index is 12.8. The number of hydrogen-bond donors (Lipinski definition) is 1. The van der Waals surface area contributed by atoms with Crippen molar-refractivity contribution >= 4 is 21.9 Å². The van der Waals surface area contributed by atoms with Gasteiger partial charge in [-0.1, -0.05) is 0 Å². The van der Waals surface area contributed by atoms with Crippen molar-refractivity contribution in [3.8, 4) is 0 Å². The number of carbonyl (C=O) groups excluding carboxylic acids is 1. The zero-order chi connectivity index (χ0) is 19.4. The van der Waals surface area contributed by atoms with E-state index in [1.54, 1.807) is 6.07 Å². The molecule has 0 bridgehead atoms. The summed E-state index contributed by atoms with van der Waals surface area (Å²) in [6.45, 7) is 1.63. The number of hydrogen-bond acceptors (Lipinski definition) is 6. The Morgan fingerprint density at radius 3 is 2.56 bits per heavy atom. The largest absolute Gasteiger partial charge is 0.480 e. The Balaban J connectivity index is 1.66. The van der Waals surface area contributed by atoms with Gasteiger partial charge in [0.2, 0.25) is 15.9 Å². The van der Waals surface area contributed by atoms with Gasteiger partial charge in [0.1, 0.15) is 11.4 Å². The molecule has 1 amide bonds. The van der Waals surface area contributed by atoms with Gasteiger partial charge in [0.25, 0.3) is 0 Å². The number of sulfonamides is 1. The average Bonchev–Trinajstić information content (AvgIpc) is 2.84. The summed E-state index contributed by atoms with van der Waals surface area (Å²) >= 11 is 0. The van der Waals surface area contributed by atoms with Gasteiger partial charge in [0.05, 0.1) is 6.04 Å². The topological polar surface area (TPSA) is 111 Å². The quantitative estimate of drug-likeness (QED) is 0.737. The van der Waals surface area contributed by atoms with E-state index in [0.717, 1.165) is 12.8 Å². The molecule has 0 aliphatic carbocycles. The van der Waals surface area contributed by atoms with Crippen LogP contribution in [0.1, 0.15) is 19.3 Å². The third kappa shape index (κ3) is 4.45. The Morgan fingerprint density at radius 1 is 1.19 bits per heavy atom. The fraction of sp³-hybridized carbons (Fsp3) is 0.588. The highest BCUT2D eigenvalue weighted by molar-refractivity contribution is 7.89. The van der Waals surface area contributed by atoms with E-state index in [1.165, 1.54) is 27.7 Å². The van der Waals surface area contributed by atoms with Gasteiger partial charge in [0.15, 0.2) is 0 Å². The summed E-state index contributed by atoms with van der Waals surface area (Å²) in [4.78, 5) is 31.2. The number of rotatable bonds is 5. The molecule has 2 aliphatic heterocycles. The van der Waals surface area contributed by atoms with E-state index < -0.39 is 16.0 Å². The smallest absolute Gasteiger partial charge is 0.323 e. The molecule has 9 nitrogen and oxygen atoms in total. The molecule has 10 heteroatoms. The third-order valence-corrected chi connectivity index (χ3v) is 6.95. The summed E-state index contributed by atoms with van der Waals surface area (Å²) in [5.74, 6) is -1.19. The molecule has 1 atom stereocenters. The van der Waals surface area contributed by atoms with Crippen LogP contribution in [0, 0.1) is 0 Å². The van der Waals surface area contributed by atoms with Crippen LogP contribution in [0.15, 0.2) is 29.4 Å². The number of likely N-dealkylation sites (tertiary alicyclic amines) is 1. The fourth-order valence-electron chi connectivity index (χ4n) is 3.65. The summed E-state index contributed by atoms with van der Waals surface area (Å²) in [6, 6.07) is 2.73. The van der Waals surface area contributed by atoms with Gasteiger partial charge < -0.3 is 10.0 Å². The Morgan fingerprint density at radius 2 is 1.93 bits per heavy atom. The normalized spacial score (nSPS) is 23.2. The number of nitrogens with zero attached hydrogens (tertiary/aromatic N) is 4. The first-order valence-electron chi connectivity index (χ1n) is 9.04. The van der Waals surface area contributed by atoms with Gasteiger partial charge in [-0.15, -0.1) is 0 Å². The lowest BCUT2D eigenvalue weighted by Crippen LogP contribution is -2.56. The molecule has 0 radical (unpaired) electrons. The molecule has 3 rings (SSSR count). The number of carboxylic acid groups (broad SMARTS) is 1. The van der Waals surface area contributed by atoms with Gasteiger partial charge >= 0.3 is 5.97 Å². The van der Waals surface area contributed by atoms with Crippen molar-refractivity contribution in [2.75, 3.05) is 39.3 Å². The van der Waals surface area contributed by atoms with Crippen LogP contribution in [0.4, 0.5) is 0 Å². The monoisotopic (exact) mass is 396 g/mol. The molecule has 0 spiro atoms. The van der Waals surface area contributed by atoms with Crippen LogP contribution < -0.4 is 0 Å². The molecule has 1 N–H and O–H groups in total. The highest BCUT2D eigenvalue weighted by Gasteiger charge is 2.36. The van der Waals surface area contributed by atoms with Gasteiger partial charge in [0, 0.05) is 45.1 Å². The summed E-state index contributed by atoms with van der Waals surface area (Å²) in [5, 5.41) is 9.02. The minimum atomic E-state index is -3.59. The van der Waals surface area contributed by atoms with E-state index in [4.69, 9.17) is 5.11 Å². The van der Waals surface area contributed by atoms with Crippen LogP contribution in [0.25, 0.3) is 0 Å². The van der Waals surface area contributed by atoms with Crippen molar-refractivity contribution < 1.29 is 23.1 Å². The van der Waals surface area contributed by atoms with E-state index in [1.807, 2.05) is 4.90 Å². The first-order chi connectivity index (χ1) is 12.9. The molecule has 27 heavy (non-hydrogen) atoms. The second-order valence-electron chi connectivity index (χ2n) is 6.79. The number of aliphatic carboxylic acids is 1. The van der Waals surface area contributed by atoms with E-state index in [9.17, 15) is 18.0 Å². The minimum Gasteiger partial charge on any atom is -0.480 e. The van der Waals surface area contributed by atoms with Crippen molar-refractivity contribution in [1.29, 1.82) is 0 Å². The number of pyridine rings is 1. The molecule has 3 heterocycles. The fourth-order valence-corrected chi connectivity index (χ4v) is 5.03. The lowest BCUT2D eigenvalue weighted by atomic mass is 10.1. The second-order valence-corrected chi connectivity index (χ2v) is 8.73. The Hall–Kier alpha value is -2.04. The summed E-state index contributed by atoms with van der Waals surface area (Å²) < 4.78 is 26.8. The van der Waals surface area contributed by atoms with Crippen LogP contribution in [0.5, 0.6) is 0 Å². The van der Waals surface area contributed by atoms with Gasteiger partial charge in [-0.05, 0) is 31.4 Å². The molecule has 2 aliphatic rings. The molecule has 2 fully saturated rings. The number of amides is 1. The Labute approximate surface area is 158 Å². The van der Waals surface area contributed by atoms with E-state index in [-0.39, 0.29) is 23.4 Å².